The van der Waals surface area contributed by atoms with Crippen LogP contribution >= 0.6 is 0 Å². The normalized spacial score (nSPS) is 13.4. The van der Waals surface area contributed by atoms with Crippen LogP contribution in [-0.4, -0.2) is 56.6 Å². The summed E-state index contributed by atoms with van der Waals surface area (Å²) < 4.78 is 32.3. The molecular weight excluding hydrogens is 286 g/mol. The summed E-state index contributed by atoms with van der Waals surface area (Å²) in [4.78, 5) is 11.0. The van der Waals surface area contributed by atoms with E-state index >= 15 is 0 Å². The molecule has 116 valence electrons. The molecule has 1 unspecified atom stereocenters. The zero-order valence-electron chi connectivity index (χ0n) is 11.9. The highest BCUT2D eigenvalue weighted by Crippen LogP contribution is 2.07. The number of carboxylic acid groups (broad SMARTS) is 1. The van der Waals surface area contributed by atoms with Crippen molar-refractivity contribution < 1.29 is 23.1 Å². The Morgan fingerprint density at radius 1 is 1.45 bits per heavy atom. The summed E-state index contributed by atoms with van der Waals surface area (Å²) in [7, 11) is -2.56. The van der Waals surface area contributed by atoms with Crippen LogP contribution in [0, 0.1) is 17.2 Å². The van der Waals surface area contributed by atoms with E-state index in [4.69, 9.17) is 15.1 Å². The number of rotatable bonds is 10. The molecule has 0 spiro atoms. The first-order valence-electron chi connectivity index (χ1n) is 6.12. The lowest BCUT2D eigenvalue weighted by atomic mass is 10.1. The third-order valence-corrected chi connectivity index (χ3v) is 4.16. The van der Waals surface area contributed by atoms with Gasteiger partial charge in [0.15, 0.2) is 0 Å². The number of nitrogens with one attached hydrogen (secondary N) is 1. The van der Waals surface area contributed by atoms with Gasteiger partial charge in [0.25, 0.3) is 10.2 Å². The number of hydrogen-bond acceptors (Lipinski definition) is 5. The van der Waals surface area contributed by atoms with Crippen LogP contribution in [-0.2, 0) is 19.7 Å². The van der Waals surface area contributed by atoms with Crippen LogP contribution in [0.25, 0.3) is 0 Å². The molecule has 0 aromatic heterocycles. The standard InChI is InChI=1S/C11H21N3O5S/c1-9(2)10(11(15)16)13-20(17,18)14(6-4-5-12)7-8-19-3/h9-10,13H,4,6-8H2,1-3H3,(H,15,16). The predicted octanol–water partition coefficient (Wildman–Crippen LogP) is -0.208. The van der Waals surface area contributed by atoms with Crippen LogP contribution in [0.3, 0.4) is 0 Å². The van der Waals surface area contributed by atoms with E-state index in [-0.39, 0.29) is 26.1 Å². The second-order valence-corrected chi connectivity index (χ2v) is 6.19. The molecule has 0 amide bonds. The SMILES string of the molecule is COCCN(CCC#N)S(=O)(=O)NC(C(=O)O)C(C)C. The van der Waals surface area contributed by atoms with Crippen molar-refractivity contribution in [2.45, 2.75) is 26.3 Å². The van der Waals surface area contributed by atoms with Gasteiger partial charge in [0.1, 0.15) is 6.04 Å². The van der Waals surface area contributed by atoms with E-state index in [2.05, 4.69) is 4.72 Å². The number of aliphatic carboxylic acids is 1. The Balaban J connectivity index is 5.00. The van der Waals surface area contributed by atoms with Gasteiger partial charge >= 0.3 is 5.97 Å². The molecule has 0 saturated heterocycles. The van der Waals surface area contributed by atoms with Gasteiger partial charge in [-0.25, -0.2) is 0 Å². The molecule has 1 atom stereocenters. The molecule has 0 aromatic carbocycles. The molecule has 0 aromatic rings. The molecule has 0 aliphatic carbocycles. The molecule has 0 saturated carbocycles. The number of hydrogen-bond donors (Lipinski definition) is 2. The highest BCUT2D eigenvalue weighted by molar-refractivity contribution is 7.87. The Labute approximate surface area is 119 Å². The van der Waals surface area contributed by atoms with Crippen LogP contribution in [0.15, 0.2) is 0 Å². The summed E-state index contributed by atoms with van der Waals surface area (Å²) in [5, 5.41) is 17.6. The lowest BCUT2D eigenvalue weighted by Crippen LogP contribution is -2.51. The van der Waals surface area contributed by atoms with Gasteiger partial charge in [-0.15, -0.1) is 0 Å². The minimum Gasteiger partial charge on any atom is -0.480 e. The van der Waals surface area contributed by atoms with Gasteiger partial charge in [-0.2, -0.15) is 22.7 Å². The van der Waals surface area contributed by atoms with Gasteiger partial charge in [-0.3, -0.25) is 4.79 Å². The van der Waals surface area contributed by atoms with Crippen molar-refractivity contribution in [3.05, 3.63) is 0 Å². The van der Waals surface area contributed by atoms with E-state index in [1.54, 1.807) is 13.8 Å². The molecule has 0 bridgehead atoms. The summed E-state index contributed by atoms with van der Waals surface area (Å²) in [6.07, 6.45) is 0.0179. The Kier molecular flexibility index (Phi) is 8.33. The van der Waals surface area contributed by atoms with E-state index in [1.807, 2.05) is 6.07 Å². The Morgan fingerprint density at radius 2 is 2.05 bits per heavy atom. The zero-order valence-corrected chi connectivity index (χ0v) is 12.7. The number of ether oxygens (including phenoxy) is 1. The smallest absolute Gasteiger partial charge is 0.322 e. The van der Waals surface area contributed by atoms with E-state index in [0.29, 0.717) is 0 Å². The molecule has 0 rings (SSSR count). The van der Waals surface area contributed by atoms with Crippen molar-refractivity contribution in [1.29, 1.82) is 5.26 Å². The number of methoxy groups -OCH3 is 1. The highest BCUT2D eigenvalue weighted by Gasteiger charge is 2.30. The first kappa shape index (κ1) is 18.8. The van der Waals surface area contributed by atoms with Crippen LogP contribution in [0.4, 0.5) is 0 Å². The van der Waals surface area contributed by atoms with E-state index in [1.165, 1.54) is 7.11 Å². The monoisotopic (exact) mass is 307 g/mol. The van der Waals surface area contributed by atoms with E-state index < -0.39 is 28.1 Å². The number of carbonyl (C=O) groups is 1. The lowest BCUT2D eigenvalue weighted by Gasteiger charge is -2.25. The fourth-order valence-corrected chi connectivity index (χ4v) is 2.92. The third-order valence-electron chi connectivity index (χ3n) is 2.57. The van der Waals surface area contributed by atoms with Gasteiger partial charge in [0, 0.05) is 26.6 Å². The van der Waals surface area contributed by atoms with Crippen molar-refractivity contribution >= 4 is 16.2 Å². The maximum absolute atomic E-state index is 12.1. The van der Waals surface area contributed by atoms with Crippen molar-refractivity contribution in [3.8, 4) is 6.07 Å². The van der Waals surface area contributed by atoms with E-state index in [0.717, 1.165) is 4.31 Å². The maximum atomic E-state index is 12.1. The fourth-order valence-electron chi connectivity index (χ4n) is 1.43. The van der Waals surface area contributed by atoms with Crippen molar-refractivity contribution in [2.24, 2.45) is 5.92 Å². The van der Waals surface area contributed by atoms with Crippen LogP contribution < -0.4 is 4.72 Å². The minimum absolute atomic E-state index is 0.0143. The van der Waals surface area contributed by atoms with Gasteiger partial charge in [0.2, 0.25) is 0 Å². The molecular formula is C11H21N3O5S. The topological polar surface area (TPSA) is 120 Å². The molecule has 20 heavy (non-hydrogen) atoms. The maximum Gasteiger partial charge on any atom is 0.322 e. The summed E-state index contributed by atoms with van der Waals surface area (Å²) in [5.41, 5.74) is 0. The van der Waals surface area contributed by atoms with Crippen molar-refractivity contribution in [3.63, 3.8) is 0 Å². The Bertz CT molecular complexity index is 443. The van der Waals surface area contributed by atoms with Gasteiger partial charge in [-0.05, 0) is 5.92 Å². The van der Waals surface area contributed by atoms with Gasteiger partial charge in [0.05, 0.1) is 12.7 Å². The second-order valence-electron chi connectivity index (χ2n) is 4.48. The predicted molar refractivity (Wildman–Crippen MR) is 72.0 cm³/mol. The summed E-state index contributed by atoms with van der Waals surface area (Å²) >= 11 is 0. The van der Waals surface area contributed by atoms with Crippen LogP contribution in [0.1, 0.15) is 20.3 Å². The average Bonchev–Trinajstić information content (AvgIpc) is 2.35. The van der Waals surface area contributed by atoms with Crippen LogP contribution in [0.5, 0.6) is 0 Å². The number of nitrogens with zero attached hydrogens (tertiary/aromatic N) is 2. The molecule has 9 heteroatoms. The van der Waals surface area contributed by atoms with Crippen molar-refractivity contribution in [1.82, 2.24) is 9.03 Å². The lowest BCUT2D eigenvalue weighted by molar-refractivity contribution is -0.140. The molecule has 0 radical (unpaired) electrons. The van der Waals surface area contributed by atoms with Gasteiger partial charge < -0.3 is 9.84 Å². The third kappa shape index (κ3) is 6.29. The van der Waals surface area contributed by atoms with E-state index in [9.17, 15) is 13.2 Å². The average molecular weight is 307 g/mol. The zero-order chi connectivity index (χ0) is 15.8. The molecule has 0 aliphatic rings. The minimum atomic E-state index is -3.98. The second kappa shape index (κ2) is 8.86. The Hall–Kier alpha value is -1.21. The summed E-state index contributed by atoms with van der Waals surface area (Å²) in [6, 6.07) is 0.639. The fraction of sp³-hybridized carbons (Fsp3) is 0.818. The Morgan fingerprint density at radius 3 is 2.45 bits per heavy atom. The molecule has 0 fully saturated rings. The largest absolute Gasteiger partial charge is 0.480 e. The first-order chi connectivity index (χ1) is 9.26. The summed E-state index contributed by atoms with van der Waals surface area (Å²) in [5.74, 6) is -1.64. The van der Waals surface area contributed by atoms with Crippen LogP contribution in [0.2, 0.25) is 0 Å². The first-order valence-corrected chi connectivity index (χ1v) is 7.56. The quantitative estimate of drug-likeness (QED) is 0.576. The summed E-state index contributed by atoms with van der Waals surface area (Å²) in [6.45, 7) is 3.41. The number of nitriles is 1. The molecule has 2 N–H and O–H groups in total. The van der Waals surface area contributed by atoms with Crippen molar-refractivity contribution in [2.75, 3.05) is 26.8 Å². The molecule has 0 heterocycles. The highest BCUT2D eigenvalue weighted by atomic mass is 32.2. The molecule has 8 nitrogen and oxygen atoms in total. The molecule has 0 aliphatic heterocycles. The van der Waals surface area contributed by atoms with Gasteiger partial charge in [-0.1, -0.05) is 13.8 Å². The number of carboxylic acids is 1.